The summed E-state index contributed by atoms with van der Waals surface area (Å²) in [5.74, 6) is 0.319. The maximum absolute atomic E-state index is 10.6. The quantitative estimate of drug-likeness (QED) is 0.732. The highest BCUT2D eigenvalue weighted by molar-refractivity contribution is 7.46. The van der Waals surface area contributed by atoms with Crippen LogP contribution in [0.25, 0.3) is 6.08 Å². The van der Waals surface area contributed by atoms with Gasteiger partial charge in [0.15, 0.2) is 0 Å². The maximum Gasteiger partial charge on any atom is 0.524 e. The molecule has 0 spiro atoms. The Morgan fingerprint density at radius 2 is 2.00 bits per heavy atom. The third-order valence-corrected chi connectivity index (χ3v) is 2.44. The van der Waals surface area contributed by atoms with Crippen molar-refractivity contribution in [3.05, 3.63) is 41.2 Å². The summed E-state index contributed by atoms with van der Waals surface area (Å²) in [6.45, 7) is 0. The Balaban J connectivity index is 2.20. The summed E-state index contributed by atoms with van der Waals surface area (Å²) in [5.41, 5.74) is 1.98. The van der Waals surface area contributed by atoms with E-state index in [1.807, 2.05) is 24.3 Å². The number of fused-ring (bicyclic) bond motifs is 1. The molecule has 0 amide bonds. The molecule has 0 atom stereocenters. The van der Waals surface area contributed by atoms with Crippen molar-refractivity contribution in [2.45, 2.75) is 6.42 Å². The van der Waals surface area contributed by atoms with E-state index < -0.39 is 7.82 Å². The fourth-order valence-corrected chi connectivity index (χ4v) is 1.88. The van der Waals surface area contributed by atoms with Crippen LogP contribution >= 0.6 is 7.82 Å². The molecule has 0 aromatic heterocycles. The van der Waals surface area contributed by atoms with Gasteiger partial charge >= 0.3 is 7.82 Å². The lowest BCUT2D eigenvalue weighted by Crippen LogP contribution is -1.89. The largest absolute Gasteiger partial charge is 0.524 e. The number of hydrogen-bond acceptors (Lipinski definition) is 2. The van der Waals surface area contributed by atoms with Gasteiger partial charge in [0.25, 0.3) is 0 Å². The van der Waals surface area contributed by atoms with Crippen LogP contribution in [0.15, 0.2) is 30.0 Å². The molecule has 0 bridgehead atoms. The zero-order chi connectivity index (χ0) is 10.2. The molecule has 2 rings (SSSR count). The summed E-state index contributed by atoms with van der Waals surface area (Å²) in [7, 11) is -4.41. The average molecular weight is 212 g/mol. The molecule has 0 aliphatic heterocycles. The maximum atomic E-state index is 10.6. The monoisotopic (exact) mass is 212 g/mol. The molecule has 1 aliphatic rings. The number of phosphoric ester groups is 1. The van der Waals surface area contributed by atoms with Gasteiger partial charge in [-0.3, -0.25) is 9.79 Å². The van der Waals surface area contributed by atoms with Gasteiger partial charge < -0.3 is 4.52 Å². The Morgan fingerprint density at radius 1 is 1.29 bits per heavy atom. The molecule has 0 saturated heterocycles. The molecule has 4 nitrogen and oxygen atoms in total. The molecule has 14 heavy (non-hydrogen) atoms. The summed E-state index contributed by atoms with van der Waals surface area (Å²) in [6, 6.07) is 7.54. The van der Waals surface area contributed by atoms with Crippen LogP contribution in [0.2, 0.25) is 0 Å². The van der Waals surface area contributed by atoms with Gasteiger partial charge in [0.2, 0.25) is 0 Å². The lowest BCUT2D eigenvalue weighted by molar-refractivity contribution is 0.241. The summed E-state index contributed by atoms with van der Waals surface area (Å²) in [4.78, 5) is 17.2. The lowest BCUT2D eigenvalue weighted by Gasteiger charge is -2.06. The minimum atomic E-state index is -4.41. The fourth-order valence-electron chi connectivity index (χ4n) is 1.46. The molecule has 0 heterocycles. The second-order valence-electron chi connectivity index (χ2n) is 3.07. The van der Waals surface area contributed by atoms with E-state index in [9.17, 15) is 4.57 Å². The van der Waals surface area contributed by atoms with E-state index in [0.29, 0.717) is 12.2 Å². The van der Waals surface area contributed by atoms with Crippen molar-refractivity contribution >= 4 is 13.9 Å². The molecule has 74 valence electrons. The van der Waals surface area contributed by atoms with E-state index in [0.717, 1.165) is 11.1 Å². The molecule has 0 unspecified atom stereocenters. The van der Waals surface area contributed by atoms with Gasteiger partial charge in [-0.05, 0) is 17.2 Å². The second kappa shape index (κ2) is 3.24. The SMILES string of the molecule is O=P(O)(O)OC1=Cc2ccccc2C1. The third-order valence-electron chi connectivity index (χ3n) is 1.97. The first-order chi connectivity index (χ1) is 6.54. The van der Waals surface area contributed by atoms with Crippen molar-refractivity contribution in [2.75, 3.05) is 0 Å². The Hall–Kier alpha value is -1.09. The summed E-state index contributed by atoms with van der Waals surface area (Å²) >= 11 is 0. The highest BCUT2D eigenvalue weighted by atomic mass is 31.2. The Labute approximate surface area is 81.1 Å². The predicted octanol–water partition coefficient (Wildman–Crippen LogP) is 1.69. The van der Waals surface area contributed by atoms with Crippen molar-refractivity contribution in [1.82, 2.24) is 0 Å². The number of benzene rings is 1. The molecule has 2 N–H and O–H groups in total. The van der Waals surface area contributed by atoms with E-state index in [4.69, 9.17) is 9.79 Å². The first-order valence-electron chi connectivity index (χ1n) is 4.08. The first kappa shape index (κ1) is 9.46. The normalized spacial score (nSPS) is 14.9. The van der Waals surface area contributed by atoms with Crippen molar-refractivity contribution < 1.29 is 18.9 Å². The van der Waals surface area contributed by atoms with Crippen LogP contribution in [0, 0.1) is 0 Å². The smallest absolute Gasteiger partial charge is 0.408 e. The minimum absolute atomic E-state index is 0.319. The lowest BCUT2D eigenvalue weighted by atomic mass is 10.1. The van der Waals surface area contributed by atoms with E-state index in [2.05, 4.69) is 4.52 Å². The van der Waals surface area contributed by atoms with Gasteiger partial charge in [0.1, 0.15) is 5.76 Å². The van der Waals surface area contributed by atoms with Crippen LogP contribution in [0.1, 0.15) is 11.1 Å². The molecule has 1 aromatic carbocycles. The van der Waals surface area contributed by atoms with Crippen LogP contribution in [0.3, 0.4) is 0 Å². The van der Waals surface area contributed by atoms with Crippen LogP contribution in [0.4, 0.5) is 0 Å². The van der Waals surface area contributed by atoms with Gasteiger partial charge in [-0.1, -0.05) is 24.3 Å². The number of allylic oxidation sites excluding steroid dienone is 1. The highest BCUT2D eigenvalue weighted by Crippen LogP contribution is 2.42. The molecular formula is C9H9O4P. The van der Waals surface area contributed by atoms with Crippen LogP contribution in [-0.4, -0.2) is 9.79 Å². The van der Waals surface area contributed by atoms with Gasteiger partial charge in [-0.2, -0.15) is 0 Å². The molecule has 0 saturated carbocycles. The molecular weight excluding hydrogens is 203 g/mol. The average Bonchev–Trinajstić information content (AvgIpc) is 2.42. The van der Waals surface area contributed by atoms with Crippen molar-refractivity contribution in [1.29, 1.82) is 0 Å². The van der Waals surface area contributed by atoms with Gasteiger partial charge in [-0.15, -0.1) is 0 Å². The van der Waals surface area contributed by atoms with E-state index in [-0.39, 0.29) is 0 Å². The molecule has 0 radical (unpaired) electrons. The van der Waals surface area contributed by atoms with E-state index >= 15 is 0 Å². The van der Waals surface area contributed by atoms with E-state index in [1.165, 1.54) is 0 Å². The van der Waals surface area contributed by atoms with Crippen LogP contribution in [0.5, 0.6) is 0 Å². The fraction of sp³-hybridized carbons (Fsp3) is 0.111. The minimum Gasteiger partial charge on any atom is -0.408 e. The van der Waals surface area contributed by atoms with Crippen LogP contribution < -0.4 is 0 Å². The molecule has 5 heteroatoms. The van der Waals surface area contributed by atoms with Crippen molar-refractivity contribution in [3.8, 4) is 0 Å². The third kappa shape index (κ3) is 2.04. The number of hydrogen-bond donors (Lipinski definition) is 2. The van der Waals surface area contributed by atoms with Crippen LogP contribution in [-0.2, 0) is 15.5 Å². The van der Waals surface area contributed by atoms with Gasteiger partial charge in [0, 0.05) is 6.42 Å². The summed E-state index contributed by atoms with van der Waals surface area (Å²) < 4.78 is 15.1. The zero-order valence-electron chi connectivity index (χ0n) is 7.25. The van der Waals surface area contributed by atoms with Crippen molar-refractivity contribution in [3.63, 3.8) is 0 Å². The second-order valence-corrected chi connectivity index (χ2v) is 4.23. The Morgan fingerprint density at radius 3 is 2.64 bits per heavy atom. The molecule has 1 aromatic rings. The number of phosphoric acid groups is 1. The predicted molar refractivity (Wildman–Crippen MR) is 51.3 cm³/mol. The van der Waals surface area contributed by atoms with Crippen molar-refractivity contribution in [2.24, 2.45) is 0 Å². The standard InChI is InChI=1S/C9H9O4P/c10-14(11,12)13-9-5-7-3-1-2-4-8(7)6-9/h1-5H,6H2,(H2,10,11,12). The Kier molecular flexibility index (Phi) is 2.19. The Bertz CT molecular complexity index is 432. The molecule has 1 aliphatic carbocycles. The van der Waals surface area contributed by atoms with E-state index in [1.54, 1.807) is 6.08 Å². The highest BCUT2D eigenvalue weighted by Gasteiger charge is 2.21. The summed E-state index contributed by atoms with van der Waals surface area (Å²) in [6.07, 6.45) is 2.09. The number of rotatable bonds is 2. The van der Waals surface area contributed by atoms with Gasteiger partial charge in [-0.25, -0.2) is 4.57 Å². The topological polar surface area (TPSA) is 66.8 Å². The first-order valence-corrected chi connectivity index (χ1v) is 5.61. The molecule has 0 fully saturated rings. The van der Waals surface area contributed by atoms with Gasteiger partial charge in [0.05, 0.1) is 0 Å². The zero-order valence-corrected chi connectivity index (χ0v) is 8.15. The summed E-state index contributed by atoms with van der Waals surface area (Å²) in [5, 5.41) is 0.